The first kappa shape index (κ1) is 5.36. The van der Waals surface area contributed by atoms with Crippen molar-refractivity contribution < 1.29 is 0 Å². The van der Waals surface area contributed by atoms with Crippen LogP contribution in [0.2, 0.25) is 0 Å². The molecule has 1 aromatic carbocycles. The van der Waals surface area contributed by atoms with E-state index in [0.717, 1.165) is 11.1 Å². The van der Waals surface area contributed by atoms with E-state index in [1.807, 2.05) is 25.1 Å². The lowest BCUT2D eigenvalue weighted by Crippen LogP contribution is -1.72. The monoisotopic (exact) mass is 104 g/mol. The topological polar surface area (TPSA) is 0 Å². The van der Waals surface area contributed by atoms with Crippen molar-refractivity contribution in [1.29, 1.82) is 0 Å². The van der Waals surface area contributed by atoms with E-state index in [1.165, 1.54) is 0 Å². The van der Waals surface area contributed by atoms with Gasteiger partial charge in [-0.15, -0.1) is 0 Å². The highest BCUT2D eigenvalue weighted by Crippen LogP contribution is 1.98. The molecule has 8 heavy (non-hydrogen) atoms. The zero-order valence-electron chi connectivity index (χ0n) is 4.94. The van der Waals surface area contributed by atoms with Gasteiger partial charge in [0.25, 0.3) is 0 Å². The summed E-state index contributed by atoms with van der Waals surface area (Å²) >= 11 is 0. The Kier molecular flexibility index (Phi) is 1.34. The van der Waals surface area contributed by atoms with Gasteiger partial charge in [-0.05, 0) is 31.0 Å². The Labute approximate surface area is 50.2 Å². The van der Waals surface area contributed by atoms with Crippen LogP contribution in [0.25, 0.3) is 0 Å². The molecule has 0 N–H and O–H groups in total. The Hall–Kier alpha value is -0.780. The summed E-state index contributed by atoms with van der Waals surface area (Å²) in [6.45, 7) is 5.73. The molecule has 2 radical (unpaired) electrons. The molecule has 0 heterocycles. The minimum absolute atomic E-state index is 0.963. The first-order valence-corrected chi connectivity index (χ1v) is 2.60. The second-order valence-electron chi connectivity index (χ2n) is 1.86. The summed E-state index contributed by atoms with van der Waals surface area (Å²) in [4.78, 5) is 0. The summed E-state index contributed by atoms with van der Waals surface area (Å²) in [6.07, 6.45) is 0. The fourth-order valence-corrected chi connectivity index (χ4v) is 0.645. The highest BCUT2D eigenvalue weighted by molar-refractivity contribution is 5.22. The van der Waals surface area contributed by atoms with Crippen LogP contribution in [-0.2, 0) is 0 Å². The Morgan fingerprint density at radius 1 is 1.50 bits per heavy atom. The van der Waals surface area contributed by atoms with Crippen molar-refractivity contribution >= 4 is 0 Å². The zero-order valence-corrected chi connectivity index (χ0v) is 4.94. The van der Waals surface area contributed by atoms with E-state index >= 15 is 0 Å². The minimum Gasteiger partial charge on any atom is -0.0617 e. The molecule has 0 saturated carbocycles. The summed E-state index contributed by atoms with van der Waals surface area (Å²) in [7, 11) is 0. The molecule has 0 aromatic heterocycles. The lowest BCUT2D eigenvalue weighted by molar-refractivity contribution is 1.43. The molecule has 0 unspecified atom stereocenters. The van der Waals surface area contributed by atoms with Crippen LogP contribution in [-0.4, -0.2) is 0 Å². The molecule has 0 heteroatoms. The third-order valence-electron chi connectivity index (χ3n) is 1.00. The second kappa shape index (κ2) is 1.99. The van der Waals surface area contributed by atoms with Crippen LogP contribution in [0.1, 0.15) is 11.1 Å². The number of benzene rings is 1. The Balaban J connectivity index is 3.08. The maximum Gasteiger partial charge on any atom is -0.0117 e. The molecule has 0 amide bonds. The van der Waals surface area contributed by atoms with Gasteiger partial charge in [-0.25, -0.2) is 0 Å². The SMILES string of the molecule is [CH2]c1[c]c(C)ccc1. The van der Waals surface area contributed by atoms with E-state index < -0.39 is 0 Å². The molecule has 0 spiro atoms. The van der Waals surface area contributed by atoms with E-state index in [0.29, 0.717) is 0 Å². The molecule has 0 nitrogen and oxygen atoms in total. The number of hydrogen-bond donors (Lipinski definition) is 0. The van der Waals surface area contributed by atoms with E-state index in [9.17, 15) is 0 Å². The highest BCUT2D eigenvalue weighted by Gasteiger charge is 1.81. The van der Waals surface area contributed by atoms with Gasteiger partial charge in [-0.3, -0.25) is 0 Å². The van der Waals surface area contributed by atoms with Gasteiger partial charge < -0.3 is 0 Å². The maximum absolute atomic E-state index is 3.73. The average Bonchev–Trinajstić information content (AvgIpc) is 1.64. The number of hydrogen-bond acceptors (Lipinski definition) is 0. The fraction of sp³-hybridized carbons (Fsp3) is 0.125. The lowest BCUT2D eigenvalue weighted by atomic mass is 10.2. The van der Waals surface area contributed by atoms with Crippen molar-refractivity contribution in [3.8, 4) is 0 Å². The highest BCUT2D eigenvalue weighted by atomic mass is 13.9. The molecule has 40 valence electrons. The molecule has 0 aliphatic carbocycles. The standard InChI is InChI=1S/C8H8/c1-7-4-3-5-8(2)6-7/h3-5H,1H2,2H3. The van der Waals surface area contributed by atoms with Crippen molar-refractivity contribution in [3.63, 3.8) is 0 Å². The molecule has 0 saturated heterocycles. The molecule has 0 atom stereocenters. The molecule has 0 aliphatic rings. The Morgan fingerprint density at radius 2 is 2.25 bits per heavy atom. The van der Waals surface area contributed by atoms with Crippen LogP contribution in [0.4, 0.5) is 0 Å². The fourth-order valence-electron chi connectivity index (χ4n) is 0.645. The predicted octanol–water partition coefficient (Wildman–Crippen LogP) is 1.98. The van der Waals surface area contributed by atoms with Crippen LogP contribution >= 0.6 is 0 Å². The minimum atomic E-state index is 0.963. The van der Waals surface area contributed by atoms with E-state index in [4.69, 9.17) is 0 Å². The van der Waals surface area contributed by atoms with Crippen molar-refractivity contribution in [2.24, 2.45) is 0 Å². The third-order valence-corrected chi connectivity index (χ3v) is 1.00. The normalized spacial score (nSPS) is 9.25. The summed E-state index contributed by atoms with van der Waals surface area (Å²) in [5.74, 6) is 0. The van der Waals surface area contributed by atoms with Crippen molar-refractivity contribution in [3.05, 3.63) is 42.3 Å². The van der Waals surface area contributed by atoms with Gasteiger partial charge in [0.1, 0.15) is 0 Å². The van der Waals surface area contributed by atoms with Crippen LogP contribution in [0.3, 0.4) is 0 Å². The quantitative estimate of drug-likeness (QED) is 0.472. The van der Waals surface area contributed by atoms with Gasteiger partial charge in [0.15, 0.2) is 0 Å². The Morgan fingerprint density at radius 3 is 2.62 bits per heavy atom. The van der Waals surface area contributed by atoms with Gasteiger partial charge in [-0.2, -0.15) is 0 Å². The van der Waals surface area contributed by atoms with Gasteiger partial charge in [0, 0.05) is 0 Å². The molecular formula is C8H8. The van der Waals surface area contributed by atoms with Gasteiger partial charge >= 0.3 is 0 Å². The molecule has 1 aromatic rings. The van der Waals surface area contributed by atoms with E-state index in [1.54, 1.807) is 0 Å². The third kappa shape index (κ3) is 1.09. The molecule has 0 aliphatic heterocycles. The summed E-state index contributed by atoms with van der Waals surface area (Å²) in [5, 5.41) is 0. The van der Waals surface area contributed by atoms with E-state index in [-0.39, 0.29) is 0 Å². The van der Waals surface area contributed by atoms with Gasteiger partial charge in [-0.1, -0.05) is 18.2 Å². The van der Waals surface area contributed by atoms with Gasteiger partial charge in [0.05, 0.1) is 0 Å². The lowest BCUT2D eigenvalue weighted by Gasteiger charge is -1.89. The predicted molar refractivity (Wildman–Crippen MR) is 34.5 cm³/mol. The first-order valence-electron chi connectivity index (χ1n) is 2.60. The zero-order chi connectivity index (χ0) is 5.98. The summed E-state index contributed by atoms with van der Waals surface area (Å²) < 4.78 is 0. The smallest absolute Gasteiger partial charge is 0.0117 e. The van der Waals surface area contributed by atoms with Crippen molar-refractivity contribution in [1.82, 2.24) is 0 Å². The van der Waals surface area contributed by atoms with Crippen molar-refractivity contribution in [2.75, 3.05) is 0 Å². The second-order valence-corrected chi connectivity index (χ2v) is 1.86. The summed E-state index contributed by atoms with van der Waals surface area (Å²) in [6, 6.07) is 8.99. The van der Waals surface area contributed by atoms with Crippen LogP contribution in [0, 0.1) is 19.9 Å². The van der Waals surface area contributed by atoms with Crippen LogP contribution in [0.15, 0.2) is 18.2 Å². The van der Waals surface area contributed by atoms with E-state index in [2.05, 4.69) is 13.0 Å². The molecular weight excluding hydrogens is 96.1 g/mol. The first-order chi connectivity index (χ1) is 3.79. The Bertz CT molecular complexity index is 160. The number of rotatable bonds is 0. The van der Waals surface area contributed by atoms with Crippen molar-refractivity contribution in [2.45, 2.75) is 6.92 Å². The number of aryl methyl sites for hydroxylation is 1. The average molecular weight is 104 g/mol. The van der Waals surface area contributed by atoms with Crippen LogP contribution < -0.4 is 0 Å². The molecule has 1 rings (SSSR count). The largest absolute Gasteiger partial charge is 0.0617 e. The van der Waals surface area contributed by atoms with Crippen LogP contribution in [0.5, 0.6) is 0 Å². The van der Waals surface area contributed by atoms with Gasteiger partial charge in [0.2, 0.25) is 0 Å². The summed E-state index contributed by atoms with van der Waals surface area (Å²) in [5.41, 5.74) is 2.11. The maximum atomic E-state index is 3.73. The molecule has 0 bridgehead atoms. The molecule has 0 fully saturated rings.